The number of carbonyl (C=O) groups excluding carboxylic acids is 1. The highest BCUT2D eigenvalue weighted by atomic mass is 16.5. The number of hydrogen-bond donors (Lipinski definition) is 0. The zero-order valence-electron chi connectivity index (χ0n) is 9.03. The van der Waals surface area contributed by atoms with Gasteiger partial charge in [0.15, 0.2) is 0 Å². The lowest BCUT2D eigenvalue weighted by atomic mass is 9.86. The number of ether oxygens (including phenoxy) is 1. The number of hydrogen-bond acceptors (Lipinski definition) is 3. The van der Waals surface area contributed by atoms with E-state index in [0.29, 0.717) is 17.6 Å². The Bertz CT molecular complexity index is 229. The van der Waals surface area contributed by atoms with Crippen LogP contribution in [0.1, 0.15) is 20.3 Å². The molecule has 0 aromatic carbocycles. The van der Waals surface area contributed by atoms with E-state index in [4.69, 9.17) is 4.74 Å². The van der Waals surface area contributed by atoms with Crippen molar-refractivity contribution in [2.24, 2.45) is 11.8 Å². The van der Waals surface area contributed by atoms with Crippen LogP contribution in [0.2, 0.25) is 0 Å². The molecule has 3 unspecified atom stereocenters. The Kier molecular flexibility index (Phi) is 2.88. The predicted octanol–water partition coefficient (Wildman–Crippen LogP) is 0.932. The quantitative estimate of drug-likeness (QED) is 0.659. The van der Waals surface area contributed by atoms with E-state index in [2.05, 4.69) is 11.8 Å². The third kappa shape index (κ3) is 1.59. The summed E-state index contributed by atoms with van der Waals surface area (Å²) in [6.45, 7) is 7.58. The highest BCUT2D eigenvalue weighted by Crippen LogP contribution is 2.35. The van der Waals surface area contributed by atoms with Gasteiger partial charge in [0.1, 0.15) is 5.78 Å². The first-order valence-corrected chi connectivity index (χ1v) is 5.56. The zero-order valence-corrected chi connectivity index (χ0v) is 9.03. The molecule has 3 heteroatoms. The van der Waals surface area contributed by atoms with Crippen LogP contribution in [0.25, 0.3) is 0 Å². The number of likely N-dealkylation sites (N-methyl/N-ethyl adjacent to an activating group) is 1. The van der Waals surface area contributed by atoms with E-state index in [1.807, 2.05) is 0 Å². The second-order valence-corrected chi connectivity index (χ2v) is 4.43. The number of ketones is 1. The molecule has 0 spiro atoms. The molecule has 0 aliphatic carbocycles. The van der Waals surface area contributed by atoms with Crippen molar-refractivity contribution in [3.63, 3.8) is 0 Å². The second kappa shape index (κ2) is 3.99. The molecule has 0 aromatic heterocycles. The number of nitrogens with zero attached hydrogens (tertiary/aromatic N) is 1. The summed E-state index contributed by atoms with van der Waals surface area (Å²) in [6.07, 6.45) is 1.13. The van der Waals surface area contributed by atoms with Crippen molar-refractivity contribution in [3.05, 3.63) is 0 Å². The van der Waals surface area contributed by atoms with Crippen LogP contribution >= 0.6 is 0 Å². The van der Waals surface area contributed by atoms with Crippen molar-refractivity contribution < 1.29 is 9.53 Å². The van der Waals surface area contributed by atoms with Crippen LogP contribution < -0.4 is 0 Å². The van der Waals surface area contributed by atoms with Crippen LogP contribution in [-0.4, -0.2) is 43.0 Å². The maximum absolute atomic E-state index is 11.6. The van der Waals surface area contributed by atoms with Crippen molar-refractivity contribution in [2.75, 3.05) is 26.3 Å². The molecule has 3 atom stereocenters. The normalized spacial score (nSPS) is 38.3. The van der Waals surface area contributed by atoms with E-state index < -0.39 is 0 Å². The molecule has 0 amide bonds. The Morgan fingerprint density at radius 2 is 2.36 bits per heavy atom. The first-order chi connectivity index (χ1) is 6.74. The highest BCUT2D eigenvalue weighted by molar-refractivity contribution is 5.82. The molecule has 0 bridgehead atoms. The van der Waals surface area contributed by atoms with Gasteiger partial charge in [-0.25, -0.2) is 0 Å². The molecular formula is C11H19NO2. The third-order valence-corrected chi connectivity index (χ3v) is 3.64. The van der Waals surface area contributed by atoms with E-state index in [-0.39, 0.29) is 6.04 Å². The summed E-state index contributed by atoms with van der Waals surface area (Å²) in [5.41, 5.74) is 0. The fourth-order valence-electron chi connectivity index (χ4n) is 2.95. The molecule has 2 fully saturated rings. The molecule has 2 heterocycles. The summed E-state index contributed by atoms with van der Waals surface area (Å²) in [6, 6.07) is 0.130. The average Bonchev–Trinajstić information content (AvgIpc) is 2.55. The fourth-order valence-corrected chi connectivity index (χ4v) is 2.95. The maximum atomic E-state index is 11.6. The lowest BCUT2D eigenvalue weighted by Crippen LogP contribution is -2.40. The minimum Gasteiger partial charge on any atom is -0.381 e. The summed E-state index contributed by atoms with van der Waals surface area (Å²) in [5.74, 6) is 1.46. The summed E-state index contributed by atoms with van der Waals surface area (Å²) >= 11 is 0. The number of carbonyl (C=O) groups is 1. The van der Waals surface area contributed by atoms with Crippen molar-refractivity contribution >= 4 is 5.78 Å². The standard InChI is InChI=1S/C11H19NO2/c1-3-12-6-9-4-5-14-7-10(9)11(12)8(2)13/h9-11H,3-7H2,1-2H3. The van der Waals surface area contributed by atoms with E-state index >= 15 is 0 Å². The van der Waals surface area contributed by atoms with Gasteiger partial charge >= 0.3 is 0 Å². The lowest BCUT2D eigenvalue weighted by molar-refractivity contribution is -0.123. The van der Waals surface area contributed by atoms with E-state index in [1.54, 1.807) is 6.92 Å². The third-order valence-electron chi connectivity index (χ3n) is 3.64. The second-order valence-electron chi connectivity index (χ2n) is 4.43. The average molecular weight is 197 g/mol. The van der Waals surface area contributed by atoms with Crippen LogP contribution in [0.15, 0.2) is 0 Å². The molecule has 2 rings (SSSR count). The van der Waals surface area contributed by atoms with Crippen molar-refractivity contribution in [2.45, 2.75) is 26.3 Å². The SMILES string of the molecule is CCN1CC2CCOCC2C1C(C)=O. The Hall–Kier alpha value is -0.410. The van der Waals surface area contributed by atoms with Gasteiger partial charge in [-0.2, -0.15) is 0 Å². The number of rotatable bonds is 2. The first-order valence-electron chi connectivity index (χ1n) is 5.56. The number of fused-ring (bicyclic) bond motifs is 1. The molecule has 2 aliphatic heterocycles. The smallest absolute Gasteiger partial charge is 0.147 e. The minimum absolute atomic E-state index is 0.130. The van der Waals surface area contributed by atoms with E-state index in [1.165, 1.54) is 0 Å². The largest absolute Gasteiger partial charge is 0.381 e. The van der Waals surface area contributed by atoms with Gasteiger partial charge < -0.3 is 4.74 Å². The molecular weight excluding hydrogens is 178 g/mol. The molecule has 14 heavy (non-hydrogen) atoms. The molecule has 0 saturated carbocycles. The molecule has 0 N–H and O–H groups in total. The van der Waals surface area contributed by atoms with Crippen molar-refractivity contribution in [1.29, 1.82) is 0 Å². The van der Waals surface area contributed by atoms with Gasteiger partial charge in [0.05, 0.1) is 12.6 Å². The zero-order chi connectivity index (χ0) is 10.1. The Morgan fingerprint density at radius 3 is 3.00 bits per heavy atom. The maximum Gasteiger partial charge on any atom is 0.147 e. The Labute approximate surface area is 85.4 Å². The van der Waals surface area contributed by atoms with Crippen molar-refractivity contribution in [3.8, 4) is 0 Å². The van der Waals surface area contributed by atoms with Gasteiger partial charge in [0, 0.05) is 19.1 Å². The topological polar surface area (TPSA) is 29.5 Å². The van der Waals surface area contributed by atoms with Crippen LogP contribution in [-0.2, 0) is 9.53 Å². The van der Waals surface area contributed by atoms with Crippen LogP contribution in [0.4, 0.5) is 0 Å². The molecule has 2 saturated heterocycles. The predicted molar refractivity (Wildman–Crippen MR) is 54.1 cm³/mol. The van der Waals surface area contributed by atoms with Crippen LogP contribution in [0.3, 0.4) is 0 Å². The number of Topliss-reactive ketones (excluding diaryl/α,β-unsaturated/α-hetero) is 1. The Morgan fingerprint density at radius 1 is 1.57 bits per heavy atom. The van der Waals surface area contributed by atoms with E-state index in [9.17, 15) is 4.79 Å². The first kappa shape index (κ1) is 10.1. The number of likely N-dealkylation sites (tertiary alicyclic amines) is 1. The van der Waals surface area contributed by atoms with Gasteiger partial charge in [-0.1, -0.05) is 6.92 Å². The highest BCUT2D eigenvalue weighted by Gasteiger charge is 2.44. The molecule has 80 valence electrons. The Balaban J connectivity index is 2.14. The molecule has 2 aliphatic rings. The summed E-state index contributed by atoms with van der Waals surface area (Å²) in [5, 5.41) is 0. The molecule has 0 radical (unpaired) electrons. The molecule has 3 nitrogen and oxygen atoms in total. The summed E-state index contributed by atoms with van der Waals surface area (Å²) in [4.78, 5) is 13.9. The monoisotopic (exact) mass is 197 g/mol. The fraction of sp³-hybridized carbons (Fsp3) is 0.909. The van der Waals surface area contributed by atoms with Gasteiger partial charge in [0.25, 0.3) is 0 Å². The lowest BCUT2D eigenvalue weighted by Gasteiger charge is -2.28. The summed E-state index contributed by atoms with van der Waals surface area (Å²) in [7, 11) is 0. The van der Waals surface area contributed by atoms with Gasteiger partial charge in [-0.15, -0.1) is 0 Å². The van der Waals surface area contributed by atoms with Crippen LogP contribution in [0, 0.1) is 11.8 Å². The van der Waals surface area contributed by atoms with Gasteiger partial charge in [0.2, 0.25) is 0 Å². The van der Waals surface area contributed by atoms with Crippen molar-refractivity contribution in [1.82, 2.24) is 4.90 Å². The minimum atomic E-state index is 0.130. The van der Waals surface area contributed by atoms with Crippen LogP contribution in [0.5, 0.6) is 0 Å². The van der Waals surface area contributed by atoms with E-state index in [0.717, 1.165) is 32.7 Å². The van der Waals surface area contributed by atoms with Gasteiger partial charge in [-0.3, -0.25) is 9.69 Å². The molecule has 0 aromatic rings. The van der Waals surface area contributed by atoms with Gasteiger partial charge in [-0.05, 0) is 25.8 Å². The summed E-state index contributed by atoms with van der Waals surface area (Å²) < 4.78 is 5.48.